The number of nitrogens with two attached hydrogens (primary N) is 1. The van der Waals surface area contributed by atoms with Gasteiger partial charge in [-0.1, -0.05) is 0 Å². The first kappa shape index (κ1) is 9.84. The lowest BCUT2D eigenvalue weighted by Crippen LogP contribution is -2.33. The van der Waals surface area contributed by atoms with E-state index in [1.54, 1.807) is 0 Å². The van der Waals surface area contributed by atoms with Gasteiger partial charge in [-0.3, -0.25) is 0 Å². The van der Waals surface area contributed by atoms with Gasteiger partial charge < -0.3 is 5.73 Å². The van der Waals surface area contributed by atoms with Crippen LogP contribution < -0.4 is 10.5 Å². The largest absolute Gasteiger partial charge is 0.360 e. The summed E-state index contributed by atoms with van der Waals surface area (Å²) in [5.74, 6) is 0. The number of carbonyl (C=O) groups is 1. The van der Waals surface area contributed by atoms with Gasteiger partial charge >= 0.3 is 26.7 Å². The van der Waals surface area contributed by atoms with Crippen LogP contribution in [0.2, 0.25) is 0 Å². The minimum Gasteiger partial charge on any atom is -0.351 e. The fourth-order valence-corrected chi connectivity index (χ4v) is 1.27. The highest BCUT2D eigenvalue weighted by Crippen LogP contribution is 1.82. The Morgan fingerprint density at radius 1 is 1.45 bits per heavy atom. The number of carbonyl (C=O) groups excluding carboxylic acids is 1. The molecule has 10 heteroatoms. The van der Waals surface area contributed by atoms with Crippen LogP contribution in [-0.4, -0.2) is 22.9 Å². The van der Waals surface area contributed by atoms with Gasteiger partial charge in [0.25, 0.3) is 0 Å². The Labute approximate surface area is 63.3 Å². The van der Waals surface area contributed by atoms with Crippen LogP contribution in [-0.2, 0) is 20.7 Å². The van der Waals surface area contributed by atoms with Crippen LogP contribution in [0, 0.1) is 0 Å². The molecule has 0 aliphatic heterocycles. The molecule has 0 radical (unpaired) electrons. The molecule has 0 aromatic carbocycles. The summed E-state index contributed by atoms with van der Waals surface area (Å²) < 4.78 is 43.1. The highest BCUT2D eigenvalue weighted by molar-refractivity contribution is 7.93. The Hall–Kier alpha value is -1.16. The summed E-state index contributed by atoms with van der Waals surface area (Å²) in [6, 6.07) is -1.40. The molecule has 8 nitrogen and oxygen atoms in total. The van der Waals surface area contributed by atoms with Crippen molar-refractivity contribution in [1.29, 1.82) is 0 Å². The second-order valence-corrected chi connectivity index (χ2v) is 3.42. The van der Waals surface area contributed by atoms with E-state index in [1.807, 2.05) is 0 Å². The van der Waals surface area contributed by atoms with Gasteiger partial charge in [-0.15, -0.1) is 0 Å². The number of hydrogen-bond donors (Lipinski definition) is 2. The Balaban J connectivity index is 4.80. The lowest BCUT2D eigenvalue weighted by molar-refractivity contribution is 0.253. The molecule has 0 fully saturated rings. The monoisotopic (exact) mass is 201 g/mol. The smallest absolute Gasteiger partial charge is 0.351 e. The number of amides is 2. The second kappa shape index (κ2) is 3.30. The van der Waals surface area contributed by atoms with Crippen molar-refractivity contribution in [2.75, 3.05) is 0 Å². The molecule has 0 bridgehead atoms. The minimum atomic E-state index is -4.49. The number of nitrogens with zero attached hydrogens (tertiary/aromatic N) is 1. The molecule has 0 atom stereocenters. The molecule has 0 heterocycles. The van der Waals surface area contributed by atoms with Crippen molar-refractivity contribution in [3.63, 3.8) is 0 Å². The van der Waals surface area contributed by atoms with E-state index in [-0.39, 0.29) is 0 Å². The maximum absolute atomic E-state index is 10.3. The zero-order chi connectivity index (χ0) is 9.07. The number of urea groups is 1. The van der Waals surface area contributed by atoms with E-state index in [1.165, 1.54) is 0 Å². The highest BCUT2D eigenvalue weighted by atomic mass is 32.3. The summed E-state index contributed by atoms with van der Waals surface area (Å²) in [5.41, 5.74) is 4.36. The molecule has 3 N–H and O–H groups in total. The Morgan fingerprint density at radius 2 is 1.91 bits per heavy atom. The van der Waals surface area contributed by atoms with E-state index >= 15 is 0 Å². The van der Waals surface area contributed by atoms with E-state index < -0.39 is 26.7 Å². The molecular weight excluding hydrogens is 198 g/mol. The Kier molecular flexibility index (Phi) is 2.95. The number of hydrogen-bond acceptors (Lipinski definition) is 5. The van der Waals surface area contributed by atoms with Crippen molar-refractivity contribution in [2.45, 2.75) is 0 Å². The van der Waals surface area contributed by atoms with Crippen LogP contribution in [0.15, 0.2) is 3.77 Å². The molecule has 0 aromatic rings. The van der Waals surface area contributed by atoms with Crippen LogP contribution in [0.5, 0.6) is 0 Å². The summed E-state index contributed by atoms with van der Waals surface area (Å²) in [6.07, 6.45) is 0. The molecule has 2 amide bonds. The fourth-order valence-electron chi connectivity index (χ4n) is 0.226. The van der Waals surface area contributed by atoms with Crippen molar-refractivity contribution in [1.82, 2.24) is 4.72 Å². The summed E-state index contributed by atoms with van der Waals surface area (Å²) in [5, 5.41) is 0. The van der Waals surface area contributed by atoms with Gasteiger partial charge in [0.15, 0.2) is 0 Å². The molecule has 0 aromatic heterocycles. The topological polar surface area (TPSA) is 136 Å². The quantitative estimate of drug-likeness (QED) is 0.530. The first-order chi connectivity index (χ1) is 4.83. The van der Waals surface area contributed by atoms with Crippen LogP contribution in [0.1, 0.15) is 0 Å². The van der Waals surface area contributed by atoms with Crippen molar-refractivity contribution in [3.8, 4) is 0 Å². The van der Waals surface area contributed by atoms with Crippen molar-refractivity contribution < 1.29 is 21.6 Å². The second-order valence-electron chi connectivity index (χ2n) is 1.23. The maximum Gasteiger partial charge on any atom is 0.360 e. The van der Waals surface area contributed by atoms with E-state index in [2.05, 4.69) is 9.50 Å². The lowest BCUT2D eigenvalue weighted by atomic mass is 11.2. The Bertz CT molecular complexity index is 366. The molecule has 11 heavy (non-hydrogen) atoms. The van der Waals surface area contributed by atoms with Crippen molar-refractivity contribution >= 4 is 26.7 Å². The van der Waals surface area contributed by atoms with E-state index in [4.69, 9.17) is 0 Å². The van der Waals surface area contributed by atoms with Crippen molar-refractivity contribution in [2.24, 2.45) is 9.50 Å². The predicted octanol–water partition coefficient (Wildman–Crippen LogP) is -2.04. The summed E-state index contributed by atoms with van der Waals surface area (Å²) in [4.78, 5) is 9.87. The summed E-state index contributed by atoms with van der Waals surface area (Å²) in [6.45, 7) is 0. The molecule has 0 saturated carbocycles. The third-order valence-electron chi connectivity index (χ3n) is 0.389. The predicted molar refractivity (Wildman–Crippen MR) is 33.0 cm³/mol. The first-order valence-electron chi connectivity index (χ1n) is 1.98. The van der Waals surface area contributed by atoms with Crippen LogP contribution in [0.25, 0.3) is 0 Å². The molecule has 0 unspecified atom stereocenters. The third kappa shape index (κ3) is 5.29. The average Bonchev–Trinajstić information content (AvgIpc) is 1.53. The van der Waals surface area contributed by atoms with Gasteiger partial charge in [-0.2, -0.15) is 16.8 Å². The molecule has 0 aliphatic rings. The van der Waals surface area contributed by atoms with Crippen LogP contribution in [0.3, 0.4) is 0 Å². The third-order valence-corrected chi connectivity index (χ3v) is 2.12. The van der Waals surface area contributed by atoms with Crippen LogP contribution >= 0.6 is 0 Å². The van der Waals surface area contributed by atoms with Crippen LogP contribution in [0.4, 0.5) is 4.79 Å². The van der Waals surface area contributed by atoms with E-state index in [0.29, 0.717) is 0 Å². The SMILES string of the molecule is NC(=O)NS(=O)(=O)N=S(=O)=O. The minimum absolute atomic E-state index is 1.10. The molecule has 64 valence electrons. The lowest BCUT2D eigenvalue weighted by Gasteiger charge is -1.91. The maximum atomic E-state index is 10.3. The van der Waals surface area contributed by atoms with Gasteiger partial charge in [0.05, 0.1) is 0 Å². The van der Waals surface area contributed by atoms with Gasteiger partial charge in [-0.25, -0.2) is 9.52 Å². The van der Waals surface area contributed by atoms with Gasteiger partial charge in [0.1, 0.15) is 0 Å². The first-order valence-corrected chi connectivity index (χ1v) is 4.45. The van der Waals surface area contributed by atoms with Gasteiger partial charge in [-0.05, 0) is 3.77 Å². The van der Waals surface area contributed by atoms with E-state index in [9.17, 15) is 21.6 Å². The highest BCUT2D eigenvalue weighted by Gasteiger charge is 2.09. The normalized spacial score (nSPS) is 10.2. The molecule has 0 spiro atoms. The zero-order valence-electron chi connectivity index (χ0n) is 4.88. The van der Waals surface area contributed by atoms with Gasteiger partial charge in [0, 0.05) is 0 Å². The average molecular weight is 201 g/mol. The zero-order valence-corrected chi connectivity index (χ0v) is 6.52. The molecule has 0 aliphatic carbocycles. The summed E-state index contributed by atoms with van der Waals surface area (Å²) >= 11 is 0. The number of primary amides is 1. The standard InChI is InChI=1S/CH3N3O5S2/c2-1(5)3-11(8,9)4-10(6)7/h(H3,2,3,5). The van der Waals surface area contributed by atoms with Crippen molar-refractivity contribution in [3.05, 3.63) is 0 Å². The number of rotatable bonds is 2. The molecule has 0 rings (SSSR count). The van der Waals surface area contributed by atoms with Gasteiger partial charge in [0.2, 0.25) is 0 Å². The number of nitrogens with one attached hydrogen (secondary N) is 1. The molecular formula is CH3N3O5S2. The Morgan fingerprint density at radius 3 is 2.18 bits per heavy atom. The van der Waals surface area contributed by atoms with E-state index in [0.717, 1.165) is 4.72 Å². The molecule has 0 saturated heterocycles. The fraction of sp³-hybridized carbons (Fsp3) is 0. The summed E-state index contributed by atoms with van der Waals surface area (Å²) in [7, 11) is -7.63.